The summed E-state index contributed by atoms with van der Waals surface area (Å²) in [6.45, 7) is 2.05. The van der Waals surface area contributed by atoms with Crippen molar-refractivity contribution in [3.05, 3.63) is 41.6 Å². The number of allylic oxidation sites excluding steroid dienone is 1. The van der Waals surface area contributed by atoms with Crippen LogP contribution in [0.25, 0.3) is 5.70 Å². The third-order valence-corrected chi connectivity index (χ3v) is 1.97. The molecule has 0 aromatic heterocycles. The first-order valence-electron chi connectivity index (χ1n) is 4.32. The highest BCUT2D eigenvalue weighted by atomic mass is 15.5. The van der Waals surface area contributed by atoms with Crippen LogP contribution in [0.1, 0.15) is 18.9 Å². The minimum Gasteiger partial charge on any atom is -0.133 e. The number of rotatable bonds is 2. The van der Waals surface area contributed by atoms with E-state index in [1.54, 1.807) is 0 Å². The van der Waals surface area contributed by atoms with Crippen molar-refractivity contribution in [1.82, 2.24) is 5.43 Å². The summed E-state index contributed by atoms with van der Waals surface area (Å²) in [5.74, 6) is 0. The standard InChI is InChI=1S/C10H10N3/c1-2-9-10(12-13-11-9)8-6-4-3-5-7-8/h3-7H,2H2,1H3. The van der Waals surface area contributed by atoms with Crippen LogP contribution in [0.4, 0.5) is 0 Å². The second-order valence-corrected chi connectivity index (χ2v) is 2.80. The fourth-order valence-corrected chi connectivity index (χ4v) is 1.28. The fraction of sp³-hybridized carbons (Fsp3) is 0.200. The highest BCUT2D eigenvalue weighted by Crippen LogP contribution is 2.25. The predicted octanol–water partition coefficient (Wildman–Crippen LogP) is 2.75. The molecule has 0 fully saturated rings. The quantitative estimate of drug-likeness (QED) is 0.658. The Kier molecular flexibility index (Phi) is 2.08. The van der Waals surface area contributed by atoms with Crippen molar-refractivity contribution < 1.29 is 0 Å². The number of benzene rings is 1. The average molecular weight is 172 g/mol. The largest absolute Gasteiger partial charge is 0.133 e. The zero-order valence-electron chi connectivity index (χ0n) is 7.44. The van der Waals surface area contributed by atoms with E-state index in [-0.39, 0.29) is 0 Å². The van der Waals surface area contributed by atoms with Gasteiger partial charge in [-0.2, -0.15) is 0 Å². The van der Waals surface area contributed by atoms with Crippen LogP contribution in [-0.4, -0.2) is 0 Å². The Hall–Kier alpha value is -1.64. The van der Waals surface area contributed by atoms with Gasteiger partial charge in [0, 0.05) is 5.56 Å². The highest BCUT2D eigenvalue weighted by Gasteiger charge is 2.13. The summed E-state index contributed by atoms with van der Waals surface area (Å²) in [6, 6.07) is 10.0. The molecule has 1 aliphatic heterocycles. The summed E-state index contributed by atoms with van der Waals surface area (Å²) in [4.78, 5) is 0. The number of hydrogen-bond acceptors (Lipinski definition) is 2. The van der Waals surface area contributed by atoms with Gasteiger partial charge in [-0.1, -0.05) is 37.3 Å². The normalized spacial score (nSPS) is 14.8. The molecule has 0 saturated heterocycles. The summed E-state index contributed by atoms with van der Waals surface area (Å²) in [5, 5.41) is 7.67. The van der Waals surface area contributed by atoms with E-state index >= 15 is 0 Å². The lowest BCUT2D eigenvalue weighted by Crippen LogP contribution is -1.92. The van der Waals surface area contributed by atoms with Gasteiger partial charge in [0.25, 0.3) is 0 Å². The molecule has 2 rings (SSSR count). The topological polar surface area (TPSA) is 38.8 Å². The molecule has 0 bridgehead atoms. The lowest BCUT2D eigenvalue weighted by atomic mass is 10.1. The van der Waals surface area contributed by atoms with Crippen molar-refractivity contribution in [2.24, 2.45) is 10.3 Å². The van der Waals surface area contributed by atoms with Crippen molar-refractivity contribution in [1.29, 1.82) is 0 Å². The van der Waals surface area contributed by atoms with Crippen LogP contribution in [0.15, 0.2) is 46.4 Å². The van der Waals surface area contributed by atoms with Gasteiger partial charge < -0.3 is 0 Å². The van der Waals surface area contributed by atoms with Crippen LogP contribution in [0.2, 0.25) is 0 Å². The molecular formula is C10H10N3. The minimum atomic E-state index is 0.872. The maximum atomic E-state index is 4.00. The van der Waals surface area contributed by atoms with Crippen LogP contribution in [0.5, 0.6) is 0 Å². The minimum absolute atomic E-state index is 0.872. The first kappa shape index (κ1) is 7.98. The van der Waals surface area contributed by atoms with Gasteiger partial charge >= 0.3 is 0 Å². The van der Waals surface area contributed by atoms with Crippen molar-refractivity contribution in [2.45, 2.75) is 13.3 Å². The van der Waals surface area contributed by atoms with E-state index < -0.39 is 0 Å². The zero-order valence-corrected chi connectivity index (χ0v) is 7.44. The fourth-order valence-electron chi connectivity index (χ4n) is 1.28. The predicted molar refractivity (Wildman–Crippen MR) is 50.6 cm³/mol. The van der Waals surface area contributed by atoms with E-state index in [4.69, 9.17) is 0 Å². The summed E-state index contributed by atoms with van der Waals surface area (Å²) < 4.78 is 0. The molecule has 0 atom stereocenters. The van der Waals surface area contributed by atoms with Crippen LogP contribution < -0.4 is 5.43 Å². The molecule has 0 spiro atoms. The maximum absolute atomic E-state index is 4.00. The SMILES string of the molecule is CCC1=C(c2ccccc2)N=N[N]1. The second kappa shape index (κ2) is 3.39. The smallest absolute Gasteiger partial charge is 0.118 e. The van der Waals surface area contributed by atoms with Crippen molar-refractivity contribution in [3.8, 4) is 0 Å². The summed E-state index contributed by atoms with van der Waals surface area (Å²) >= 11 is 0. The van der Waals surface area contributed by atoms with Gasteiger partial charge in [0.15, 0.2) is 0 Å². The molecular weight excluding hydrogens is 162 g/mol. The average Bonchev–Trinajstić information content (AvgIpc) is 2.67. The van der Waals surface area contributed by atoms with Crippen LogP contribution >= 0.6 is 0 Å². The van der Waals surface area contributed by atoms with Crippen molar-refractivity contribution >= 4 is 5.70 Å². The Morgan fingerprint density at radius 3 is 2.62 bits per heavy atom. The molecule has 0 unspecified atom stereocenters. The first-order chi connectivity index (χ1) is 6.42. The van der Waals surface area contributed by atoms with Gasteiger partial charge in [0.05, 0.1) is 5.70 Å². The van der Waals surface area contributed by atoms with Gasteiger partial charge in [-0.05, 0) is 11.6 Å². The van der Waals surface area contributed by atoms with E-state index in [1.807, 2.05) is 30.3 Å². The Labute approximate surface area is 77.2 Å². The van der Waals surface area contributed by atoms with Gasteiger partial charge in [-0.3, -0.25) is 0 Å². The van der Waals surface area contributed by atoms with Gasteiger partial charge in [-0.25, -0.2) is 0 Å². The molecule has 3 nitrogen and oxygen atoms in total. The van der Waals surface area contributed by atoms with Gasteiger partial charge in [0.1, 0.15) is 5.70 Å². The Bertz CT molecular complexity index is 352. The second-order valence-electron chi connectivity index (χ2n) is 2.80. The molecule has 3 heteroatoms. The van der Waals surface area contributed by atoms with Crippen LogP contribution in [-0.2, 0) is 0 Å². The Morgan fingerprint density at radius 2 is 1.92 bits per heavy atom. The van der Waals surface area contributed by atoms with Gasteiger partial charge in [-0.15, -0.1) is 10.5 Å². The summed E-state index contributed by atoms with van der Waals surface area (Å²) in [5.41, 5.74) is 6.91. The molecule has 0 N–H and O–H groups in total. The third-order valence-electron chi connectivity index (χ3n) is 1.97. The maximum Gasteiger partial charge on any atom is 0.118 e. The molecule has 1 aromatic carbocycles. The summed E-state index contributed by atoms with van der Waals surface area (Å²) in [7, 11) is 0. The van der Waals surface area contributed by atoms with E-state index in [2.05, 4.69) is 22.7 Å². The van der Waals surface area contributed by atoms with E-state index in [1.165, 1.54) is 0 Å². The zero-order chi connectivity index (χ0) is 9.10. The molecule has 0 aliphatic carbocycles. The number of nitrogens with zero attached hydrogens (tertiary/aromatic N) is 3. The molecule has 13 heavy (non-hydrogen) atoms. The van der Waals surface area contributed by atoms with E-state index in [9.17, 15) is 0 Å². The third kappa shape index (κ3) is 1.45. The Morgan fingerprint density at radius 1 is 1.15 bits per heavy atom. The molecule has 0 amide bonds. The van der Waals surface area contributed by atoms with Crippen LogP contribution in [0.3, 0.4) is 0 Å². The van der Waals surface area contributed by atoms with Crippen molar-refractivity contribution in [2.75, 3.05) is 0 Å². The monoisotopic (exact) mass is 172 g/mol. The summed E-state index contributed by atoms with van der Waals surface area (Å²) in [6.07, 6.45) is 0.872. The first-order valence-corrected chi connectivity index (χ1v) is 4.32. The molecule has 1 heterocycles. The lowest BCUT2D eigenvalue weighted by Gasteiger charge is -1.98. The molecule has 1 aliphatic rings. The molecule has 65 valence electrons. The number of hydrogen-bond donors (Lipinski definition) is 0. The van der Waals surface area contributed by atoms with Gasteiger partial charge in [0.2, 0.25) is 0 Å². The van der Waals surface area contributed by atoms with E-state index in [0.717, 1.165) is 23.4 Å². The molecule has 0 saturated carbocycles. The Balaban J connectivity index is 2.41. The molecule has 1 radical (unpaired) electrons. The highest BCUT2D eigenvalue weighted by molar-refractivity contribution is 5.67. The molecule has 1 aromatic rings. The van der Waals surface area contributed by atoms with E-state index in [0.29, 0.717) is 0 Å². The van der Waals surface area contributed by atoms with Crippen molar-refractivity contribution in [3.63, 3.8) is 0 Å². The lowest BCUT2D eigenvalue weighted by molar-refractivity contribution is 0.811. The van der Waals surface area contributed by atoms with Crippen LogP contribution in [0, 0.1) is 0 Å².